The minimum absolute atomic E-state index is 0.120. The van der Waals surface area contributed by atoms with Gasteiger partial charge in [-0.15, -0.1) is 0 Å². The summed E-state index contributed by atoms with van der Waals surface area (Å²) >= 11 is 0. The first-order chi connectivity index (χ1) is 8.60. The van der Waals surface area contributed by atoms with Crippen LogP contribution in [0.15, 0.2) is 30.6 Å². The lowest BCUT2D eigenvalue weighted by atomic mass is 9.96. The maximum Gasteiger partial charge on any atom is 0.0522 e. The summed E-state index contributed by atoms with van der Waals surface area (Å²) < 4.78 is 1.81. The van der Waals surface area contributed by atoms with Crippen LogP contribution in [0.5, 0.6) is 0 Å². The van der Waals surface area contributed by atoms with E-state index in [9.17, 15) is 0 Å². The summed E-state index contributed by atoms with van der Waals surface area (Å²) in [6.07, 6.45) is 4.75. The van der Waals surface area contributed by atoms with Crippen molar-refractivity contribution in [3.63, 3.8) is 0 Å². The van der Waals surface area contributed by atoms with Crippen molar-refractivity contribution in [2.45, 2.75) is 26.3 Å². The van der Waals surface area contributed by atoms with Gasteiger partial charge in [-0.25, -0.2) is 0 Å². The number of nitrogens with zero attached hydrogens (tertiary/aromatic N) is 2. The first kappa shape index (κ1) is 12.8. The number of nitrogens with two attached hydrogens (primary N) is 1. The Balaban J connectivity index is 2.22. The van der Waals surface area contributed by atoms with E-state index >= 15 is 0 Å². The topological polar surface area (TPSA) is 55.9 Å². The van der Waals surface area contributed by atoms with Crippen LogP contribution in [0.4, 0.5) is 0 Å². The molecule has 18 heavy (non-hydrogen) atoms. The quantitative estimate of drug-likeness (QED) is 0.637. The third-order valence-electron chi connectivity index (χ3n) is 3.20. The SMILES string of the molecule is Cc1ccc(C(Cc2cnn(C)c2)NN)c(C)c1. The van der Waals surface area contributed by atoms with Gasteiger partial charge in [0.1, 0.15) is 0 Å². The van der Waals surface area contributed by atoms with Crippen molar-refractivity contribution in [1.29, 1.82) is 0 Å². The van der Waals surface area contributed by atoms with E-state index in [1.165, 1.54) is 22.3 Å². The molecule has 0 spiro atoms. The zero-order valence-corrected chi connectivity index (χ0v) is 11.1. The van der Waals surface area contributed by atoms with Crippen LogP contribution in [-0.4, -0.2) is 9.78 Å². The average molecular weight is 244 g/mol. The molecule has 0 aliphatic rings. The third-order valence-corrected chi connectivity index (χ3v) is 3.20. The number of hydrogen-bond donors (Lipinski definition) is 2. The van der Waals surface area contributed by atoms with Crippen LogP contribution in [0.3, 0.4) is 0 Å². The number of aryl methyl sites for hydroxylation is 3. The van der Waals surface area contributed by atoms with Crippen LogP contribution < -0.4 is 11.3 Å². The van der Waals surface area contributed by atoms with E-state index in [2.05, 4.69) is 42.6 Å². The molecule has 0 amide bonds. The molecule has 0 aliphatic carbocycles. The Morgan fingerprint density at radius 1 is 1.39 bits per heavy atom. The zero-order valence-electron chi connectivity index (χ0n) is 11.1. The van der Waals surface area contributed by atoms with Gasteiger partial charge >= 0.3 is 0 Å². The molecular weight excluding hydrogens is 224 g/mol. The van der Waals surface area contributed by atoms with Crippen molar-refractivity contribution < 1.29 is 0 Å². The standard InChI is InChI=1S/C14H20N4/c1-10-4-5-13(11(2)6-10)14(17-15)7-12-8-16-18(3)9-12/h4-6,8-9,14,17H,7,15H2,1-3H3. The monoisotopic (exact) mass is 244 g/mol. The van der Waals surface area contributed by atoms with E-state index in [-0.39, 0.29) is 6.04 Å². The van der Waals surface area contributed by atoms with Gasteiger partial charge in [-0.2, -0.15) is 5.10 Å². The lowest BCUT2D eigenvalue weighted by Gasteiger charge is -2.18. The van der Waals surface area contributed by atoms with Gasteiger partial charge in [-0.3, -0.25) is 16.0 Å². The smallest absolute Gasteiger partial charge is 0.0522 e. The molecule has 3 N–H and O–H groups in total. The molecule has 96 valence electrons. The van der Waals surface area contributed by atoms with E-state index in [1.807, 2.05) is 24.1 Å². The maximum atomic E-state index is 5.69. The Morgan fingerprint density at radius 3 is 2.72 bits per heavy atom. The fraction of sp³-hybridized carbons (Fsp3) is 0.357. The summed E-state index contributed by atoms with van der Waals surface area (Å²) in [7, 11) is 1.92. The van der Waals surface area contributed by atoms with Crippen molar-refractivity contribution >= 4 is 0 Å². The molecule has 2 rings (SSSR count). The lowest BCUT2D eigenvalue weighted by Crippen LogP contribution is -2.30. The highest BCUT2D eigenvalue weighted by molar-refractivity contribution is 5.33. The van der Waals surface area contributed by atoms with E-state index < -0.39 is 0 Å². The average Bonchev–Trinajstić information content (AvgIpc) is 2.72. The molecule has 0 aliphatic heterocycles. The van der Waals surface area contributed by atoms with E-state index in [0.29, 0.717) is 0 Å². The molecule has 1 unspecified atom stereocenters. The van der Waals surface area contributed by atoms with Gasteiger partial charge < -0.3 is 0 Å². The van der Waals surface area contributed by atoms with Crippen molar-refractivity contribution in [3.8, 4) is 0 Å². The molecule has 0 saturated heterocycles. The molecule has 1 aromatic carbocycles. The van der Waals surface area contributed by atoms with Crippen LogP contribution in [0.25, 0.3) is 0 Å². The van der Waals surface area contributed by atoms with E-state index in [0.717, 1.165) is 6.42 Å². The molecule has 1 atom stereocenters. The maximum absolute atomic E-state index is 5.69. The van der Waals surface area contributed by atoms with Crippen LogP contribution in [0.2, 0.25) is 0 Å². The number of rotatable bonds is 4. The number of hydrogen-bond acceptors (Lipinski definition) is 3. The Hall–Kier alpha value is -1.65. The highest BCUT2D eigenvalue weighted by Crippen LogP contribution is 2.21. The molecule has 0 saturated carbocycles. The van der Waals surface area contributed by atoms with Crippen molar-refractivity contribution in [2.24, 2.45) is 12.9 Å². The molecule has 4 heteroatoms. The molecule has 1 heterocycles. The van der Waals surface area contributed by atoms with Gasteiger partial charge in [0.05, 0.1) is 12.2 Å². The van der Waals surface area contributed by atoms with Crippen LogP contribution in [0.1, 0.15) is 28.3 Å². The van der Waals surface area contributed by atoms with Gasteiger partial charge in [0.2, 0.25) is 0 Å². The molecule has 1 aromatic heterocycles. The minimum Gasteiger partial charge on any atom is -0.276 e. The fourth-order valence-electron chi connectivity index (χ4n) is 2.29. The van der Waals surface area contributed by atoms with Crippen molar-refractivity contribution in [2.75, 3.05) is 0 Å². The third kappa shape index (κ3) is 2.78. The van der Waals surface area contributed by atoms with E-state index in [1.54, 1.807) is 0 Å². The summed E-state index contributed by atoms with van der Waals surface area (Å²) in [6, 6.07) is 6.57. The largest absolute Gasteiger partial charge is 0.276 e. The summed E-state index contributed by atoms with van der Waals surface area (Å²) in [5, 5.41) is 4.18. The molecule has 4 nitrogen and oxygen atoms in total. The van der Waals surface area contributed by atoms with Crippen molar-refractivity contribution in [1.82, 2.24) is 15.2 Å². The second-order valence-corrected chi connectivity index (χ2v) is 4.81. The van der Waals surface area contributed by atoms with Gasteiger partial charge in [0, 0.05) is 13.2 Å². The second kappa shape index (κ2) is 5.33. The highest BCUT2D eigenvalue weighted by atomic mass is 15.2. The Labute approximate surface area is 108 Å². The zero-order chi connectivity index (χ0) is 13.1. The Bertz CT molecular complexity index is 530. The van der Waals surface area contributed by atoms with Gasteiger partial charge in [0.15, 0.2) is 0 Å². The number of hydrazine groups is 1. The minimum atomic E-state index is 0.120. The number of aromatic nitrogens is 2. The summed E-state index contributed by atoms with van der Waals surface area (Å²) in [6.45, 7) is 4.22. The molecule has 0 fully saturated rings. The summed E-state index contributed by atoms with van der Waals surface area (Å²) in [4.78, 5) is 0. The summed E-state index contributed by atoms with van der Waals surface area (Å²) in [5.41, 5.74) is 7.86. The molecule has 2 aromatic rings. The number of nitrogens with one attached hydrogen (secondary N) is 1. The fourth-order valence-corrected chi connectivity index (χ4v) is 2.29. The normalized spacial score (nSPS) is 12.7. The van der Waals surface area contributed by atoms with Crippen LogP contribution >= 0.6 is 0 Å². The molecular formula is C14H20N4. The van der Waals surface area contributed by atoms with Gasteiger partial charge in [0.25, 0.3) is 0 Å². The predicted octanol–water partition coefficient (Wildman–Crippen LogP) is 1.78. The molecule has 0 bridgehead atoms. The van der Waals surface area contributed by atoms with Crippen LogP contribution in [0, 0.1) is 13.8 Å². The first-order valence-electron chi connectivity index (χ1n) is 6.11. The molecule has 0 radical (unpaired) electrons. The second-order valence-electron chi connectivity index (χ2n) is 4.81. The van der Waals surface area contributed by atoms with Gasteiger partial charge in [-0.05, 0) is 37.0 Å². The lowest BCUT2D eigenvalue weighted by molar-refractivity contribution is 0.549. The summed E-state index contributed by atoms with van der Waals surface area (Å²) in [5.74, 6) is 5.69. The Kier molecular flexibility index (Phi) is 3.79. The van der Waals surface area contributed by atoms with Gasteiger partial charge in [-0.1, -0.05) is 23.8 Å². The Morgan fingerprint density at radius 2 is 2.17 bits per heavy atom. The number of benzene rings is 1. The van der Waals surface area contributed by atoms with Crippen molar-refractivity contribution in [3.05, 3.63) is 52.8 Å². The predicted molar refractivity (Wildman–Crippen MR) is 72.9 cm³/mol. The van der Waals surface area contributed by atoms with E-state index in [4.69, 9.17) is 5.84 Å². The van der Waals surface area contributed by atoms with Crippen LogP contribution in [-0.2, 0) is 13.5 Å². The highest BCUT2D eigenvalue weighted by Gasteiger charge is 2.13. The first-order valence-corrected chi connectivity index (χ1v) is 6.11.